The molecule has 0 spiro atoms. The van der Waals surface area contributed by atoms with Gasteiger partial charge in [0.1, 0.15) is 0 Å². The Hall–Kier alpha value is -2.12. The molecule has 104 valence electrons. The number of benzene rings is 1. The average Bonchev–Trinajstić information content (AvgIpc) is 2.88. The summed E-state index contributed by atoms with van der Waals surface area (Å²) in [4.78, 5) is 4.22. The van der Waals surface area contributed by atoms with Crippen LogP contribution in [0.15, 0.2) is 36.8 Å². The summed E-state index contributed by atoms with van der Waals surface area (Å²) in [5.41, 5.74) is 9.32. The molecule has 0 saturated heterocycles. The number of nitriles is 1. The van der Waals surface area contributed by atoms with Gasteiger partial charge in [-0.25, -0.2) is 4.98 Å². The summed E-state index contributed by atoms with van der Waals surface area (Å²) in [5, 5.41) is 8.69. The minimum Gasteiger partial charge on any atom is -0.323 e. The lowest BCUT2D eigenvalue weighted by Crippen LogP contribution is -2.16. The summed E-state index contributed by atoms with van der Waals surface area (Å²) < 4.78 is 2.02. The van der Waals surface area contributed by atoms with Crippen molar-refractivity contribution in [1.82, 2.24) is 9.55 Å². The van der Waals surface area contributed by atoms with Crippen molar-refractivity contribution in [3.05, 3.63) is 48.0 Å². The molecule has 4 nitrogen and oxygen atoms in total. The maximum Gasteiger partial charge on any atom is 0.0994 e. The molecule has 1 aromatic heterocycles. The summed E-state index contributed by atoms with van der Waals surface area (Å²) in [7, 11) is 0. The van der Waals surface area contributed by atoms with Gasteiger partial charge in [0.2, 0.25) is 0 Å². The quantitative estimate of drug-likeness (QED) is 0.906. The number of nitrogens with zero attached hydrogens (tertiary/aromatic N) is 3. The van der Waals surface area contributed by atoms with E-state index in [4.69, 9.17) is 11.0 Å². The normalized spacial score (nSPS) is 12.3. The number of hydrogen-bond donors (Lipinski definition) is 1. The fourth-order valence-corrected chi connectivity index (χ4v) is 2.29. The second-order valence-corrected chi connectivity index (χ2v) is 5.43. The van der Waals surface area contributed by atoms with Gasteiger partial charge in [-0.05, 0) is 30.0 Å². The third-order valence-electron chi connectivity index (χ3n) is 3.27. The molecule has 0 aliphatic heterocycles. The second kappa shape index (κ2) is 6.36. The SMILES string of the molecule is CC(C)CC(N)c1cncn1-c1ccc(CC#N)cc1. The van der Waals surface area contributed by atoms with Crippen LogP contribution in [0.5, 0.6) is 0 Å². The van der Waals surface area contributed by atoms with E-state index < -0.39 is 0 Å². The highest BCUT2D eigenvalue weighted by molar-refractivity contribution is 5.37. The van der Waals surface area contributed by atoms with E-state index in [1.54, 1.807) is 6.33 Å². The van der Waals surface area contributed by atoms with Gasteiger partial charge in [0.25, 0.3) is 0 Å². The third-order valence-corrected chi connectivity index (χ3v) is 3.27. The second-order valence-electron chi connectivity index (χ2n) is 5.43. The molecule has 0 bridgehead atoms. The van der Waals surface area contributed by atoms with Gasteiger partial charge < -0.3 is 10.3 Å². The molecule has 0 fully saturated rings. The van der Waals surface area contributed by atoms with Crippen LogP contribution in [0.1, 0.15) is 37.6 Å². The van der Waals surface area contributed by atoms with Crippen LogP contribution < -0.4 is 5.73 Å². The number of aromatic nitrogens is 2. The predicted octanol–water partition coefficient (Wildman–Crippen LogP) is 2.98. The first-order valence-corrected chi connectivity index (χ1v) is 6.86. The first-order chi connectivity index (χ1) is 9.61. The summed E-state index contributed by atoms with van der Waals surface area (Å²) >= 11 is 0. The van der Waals surface area contributed by atoms with E-state index in [1.165, 1.54) is 0 Å². The molecule has 1 atom stereocenters. The van der Waals surface area contributed by atoms with E-state index in [9.17, 15) is 0 Å². The molecule has 20 heavy (non-hydrogen) atoms. The van der Waals surface area contributed by atoms with Crippen molar-refractivity contribution in [2.75, 3.05) is 0 Å². The summed E-state index contributed by atoms with van der Waals surface area (Å²) in [6.07, 6.45) is 4.98. The zero-order valence-corrected chi connectivity index (χ0v) is 12.0. The van der Waals surface area contributed by atoms with Gasteiger partial charge in [-0.3, -0.25) is 0 Å². The van der Waals surface area contributed by atoms with Crippen LogP contribution in [0, 0.1) is 17.2 Å². The van der Waals surface area contributed by atoms with E-state index in [0.717, 1.165) is 23.4 Å². The van der Waals surface area contributed by atoms with Crippen molar-refractivity contribution in [2.45, 2.75) is 32.7 Å². The highest BCUT2D eigenvalue weighted by Crippen LogP contribution is 2.21. The standard InChI is InChI=1S/C16H20N4/c1-12(2)9-15(18)16-10-19-11-20(16)14-5-3-13(4-6-14)7-8-17/h3-6,10-12,15H,7,9,18H2,1-2H3. The molecule has 2 aromatic rings. The lowest BCUT2D eigenvalue weighted by atomic mass is 10.0. The van der Waals surface area contributed by atoms with Gasteiger partial charge in [0.15, 0.2) is 0 Å². The molecule has 1 unspecified atom stereocenters. The molecular formula is C16H20N4. The van der Waals surface area contributed by atoms with E-state index >= 15 is 0 Å². The van der Waals surface area contributed by atoms with E-state index in [0.29, 0.717) is 12.3 Å². The van der Waals surface area contributed by atoms with E-state index in [2.05, 4.69) is 24.9 Å². The summed E-state index contributed by atoms with van der Waals surface area (Å²) in [5.74, 6) is 0.548. The van der Waals surface area contributed by atoms with Crippen molar-refractivity contribution in [3.8, 4) is 11.8 Å². The molecule has 0 aliphatic carbocycles. The monoisotopic (exact) mass is 268 g/mol. The van der Waals surface area contributed by atoms with Gasteiger partial charge in [0, 0.05) is 11.7 Å². The Morgan fingerprint density at radius 2 is 2.00 bits per heavy atom. The van der Waals surface area contributed by atoms with Crippen molar-refractivity contribution in [1.29, 1.82) is 5.26 Å². The smallest absolute Gasteiger partial charge is 0.0994 e. The Labute approximate surface area is 119 Å². The number of rotatable bonds is 5. The molecule has 1 aromatic carbocycles. The zero-order chi connectivity index (χ0) is 14.5. The topological polar surface area (TPSA) is 67.6 Å². The number of nitrogens with two attached hydrogens (primary N) is 1. The maximum atomic E-state index is 8.69. The summed E-state index contributed by atoms with van der Waals surface area (Å²) in [6, 6.07) is 10.1. The highest BCUT2D eigenvalue weighted by Gasteiger charge is 2.14. The first kappa shape index (κ1) is 14.3. The molecule has 4 heteroatoms. The average molecular weight is 268 g/mol. The van der Waals surface area contributed by atoms with Crippen LogP contribution in [0.3, 0.4) is 0 Å². The lowest BCUT2D eigenvalue weighted by molar-refractivity contribution is 0.498. The van der Waals surface area contributed by atoms with Crippen molar-refractivity contribution in [2.24, 2.45) is 11.7 Å². The largest absolute Gasteiger partial charge is 0.323 e. The van der Waals surface area contributed by atoms with E-state index in [-0.39, 0.29) is 6.04 Å². The third kappa shape index (κ3) is 3.25. The summed E-state index contributed by atoms with van der Waals surface area (Å²) in [6.45, 7) is 4.33. The number of hydrogen-bond acceptors (Lipinski definition) is 3. The van der Waals surface area contributed by atoms with Crippen LogP contribution in [0.25, 0.3) is 5.69 Å². The van der Waals surface area contributed by atoms with Crippen molar-refractivity contribution in [3.63, 3.8) is 0 Å². The Morgan fingerprint density at radius 1 is 1.30 bits per heavy atom. The van der Waals surface area contributed by atoms with Crippen molar-refractivity contribution >= 4 is 0 Å². The molecule has 0 amide bonds. The molecule has 2 rings (SSSR count). The molecule has 0 aliphatic rings. The molecular weight excluding hydrogens is 248 g/mol. The minimum absolute atomic E-state index is 0.0173. The first-order valence-electron chi connectivity index (χ1n) is 6.86. The van der Waals surface area contributed by atoms with Crippen LogP contribution in [-0.2, 0) is 6.42 Å². The van der Waals surface area contributed by atoms with Gasteiger partial charge in [-0.2, -0.15) is 5.26 Å². The van der Waals surface area contributed by atoms with Gasteiger partial charge in [-0.15, -0.1) is 0 Å². The molecule has 0 saturated carbocycles. The van der Waals surface area contributed by atoms with Crippen LogP contribution in [0.4, 0.5) is 0 Å². The van der Waals surface area contributed by atoms with Crippen LogP contribution in [0.2, 0.25) is 0 Å². The fourth-order valence-electron chi connectivity index (χ4n) is 2.29. The van der Waals surface area contributed by atoms with Gasteiger partial charge in [-0.1, -0.05) is 26.0 Å². The Bertz CT molecular complexity index is 590. The Balaban J connectivity index is 2.25. The van der Waals surface area contributed by atoms with E-state index in [1.807, 2.05) is 35.0 Å². The molecule has 0 radical (unpaired) electrons. The zero-order valence-electron chi connectivity index (χ0n) is 12.0. The molecule has 1 heterocycles. The van der Waals surface area contributed by atoms with Crippen molar-refractivity contribution < 1.29 is 0 Å². The van der Waals surface area contributed by atoms with Gasteiger partial charge in [0.05, 0.1) is 30.7 Å². The lowest BCUT2D eigenvalue weighted by Gasteiger charge is -2.16. The van der Waals surface area contributed by atoms with Crippen LogP contribution in [-0.4, -0.2) is 9.55 Å². The predicted molar refractivity (Wildman–Crippen MR) is 79.3 cm³/mol. The number of imidazole rings is 1. The highest BCUT2D eigenvalue weighted by atomic mass is 15.1. The molecule has 2 N–H and O–H groups in total. The Morgan fingerprint density at radius 3 is 2.60 bits per heavy atom. The van der Waals surface area contributed by atoms with Gasteiger partial charge >= 0.3 is 0 Å². The van der Waals surface area contributed by atoms with Crippen LogP contribution >= 0.6 is 0 Å². The Kier molecular flexibility index (Phi) is 4.54. The fraction of sp³-hybridized carbons (Fsp3) is 0.375. The minimum atomic E-state index is -0.0173. The maximum absolute atomic E-state index is 8.69.